The molecule has 0 atom stereocenters. The fourth-order valence-electron chi connectivity index (χ4n) is 2.82. The van der Waals surface area contributed by atoms with Crippen molar-refractivity contribution in [2.75, 3.05) is 18.1 Å². The van der Waals surface area contributed by atoms with E-state index in [1.807, 2.05) is 4.90 Å². The highest BCUT2D eigenvalue weighted by Gasteiger charge is 2.31. The Morgan fingerprint density at radius 3 is 2.91 bits per heavy atom. The second-order valence-corrected chi connectivity index (χ2v) is 7.03. The maximum Gasteiger partial charge on any atom is 0.295 e. The van der Waals surface area contributed by atoms with E-state index in [4.69, 9.17) is 4.42 Å². The molecule has 5 heteroatoms. The lowest BCUT2D eigenvalue weighted by Gasteiger charge is -2.35. The van der Waals surface area contributed by atoms with Crippen molar-refractivity contribution in [1.29, 1.82) is 0 Å². The van der Waals surface area contributed by atoms with Gasteiger partial charge in [-0.05, 0) is 38.0 Å². The molecule has 0 aliphatic carbocycles. The van der Waals surface area contributed by atoms with Crippen LogP contribution in [-0.4, -0.2) is 24.0 Å². The first-order valence-corrected chi connectivity index (χ1v) is 8.60. The molecular formula is C17H22N2O2S. The van der Waals surface area contributed by atoms with Crippen molar-refractivity contribution in [2.45, 2.75) is 40.2 Å². The second-order valence-electron chi connectivity index (χ2n) is 5.82. The van der Waals surface area contributed by atoms with Crippen LogP contribution in [0.25, 0.3) is 0 Å². The number of carbonyl (C=O) groups excluding carboxylic acids is 1. The van der Waals surface area contributed by atoms with Crippen LogP contribution in [-0.2, 0) is 6.54 Å². The monoisotopic (exact) mass is 318 g/mol. The first-order valence-electron chi connectivity index (χ1n) is 7.78. The van der Waals surface area contributed by atoms with Crippen LogP contribution in [0, 0.1) is 13.8 Å². The van der Waals surface area contributed by atoms with Crippen LogP contribution in [0.4, 0.5) is 5.00 Å². The average molecular weight is 318 g/mol. The Labute approximate surface area is 135 Å². The van der Waals surface area contributed by atoms with Crippen molar-refractivity contribution >= 4 is 22.2 Å². The molecule has 0 fully saturated rings. The number of furan rings is 1. The van der Waals surface area contributed by atoms with Gasteiger partial charge < -0.3 is 4.42 Å². The van der Waals surface area contributed by atoms with Gasteiger partial charge in [-0.2, -0.15) is 0 Å². The molecule has 0 unspecified atom stereocenters. The summed E-state index contributed by atoms with van der Waals surface area (Å²) in [5, 5.41) is 1.09. The smallest absolute Gasteiger partial charge is 0.295 e. The van der Waals surface area contributed by atoms with Gasteiger partial charge in [-0.1, -0.05) is 13.3 Å². The molecule has 0 saturated carbocycles. The maximum absolute atomic E-state index is 12.8. The molecule has 1 aliphatic rings. The number of unbranched alkanes of at least 4 members (excludes halogenated alkanes) is 1. The first-order chi connectivity index (χ1) is 10.6. The van der Waals surface area contributed by atoms with E-state index in [2.05, 4.69) is 25.7 Å². The molecule has 1 aliphatic heterocycles. The van der Waals surface area contributed by atoms with Gasteiger partial charge in [0.25, 0.3) is 5.91 Å². The van der Waals surface area contributed by atoms with Crippen molar-refractivity contribution in [3.8, 4) is 0 Å². The normalized spacial score (nSPS) is 15.1. The molecule has 2 aromatic rings. The summed E-state index contributed by atoms with van der Waals surface area (Å²) in [5.41, 5.74) is 2.61. The molecule has 0 radical (unpaired) electrons. The molecule has 22 heavy (non-hydrogen) atoms. The average Bonchev–Trinajstić information content (AvgIpc) is 3.14. The Hall–Kier alpha value is -1.59. The minimum atomic E-state index is -0.0475. The lowest BCUT2D eigenvalue weighted by atomic mass is 10.1. The van der Waals surface area contributed by atoms with E-state index in [1.165, 1.54) is 16.0 Å². The van der Waals surface area contributed by atoms with E-state index >= 15 is 0 Å². The first kappa shape index (κ1) is 15.3. The van der Waals surface area contributed by atoms with Gasteiger partial charge in [-0.3, -0.25) is 14.6 Å². The Morgan fingerprint density at radius 2 is 2.23 bits per heavy atom. The van der Waals surface area contributed by atoms with Crippen molar-refractivity contribution in [2.24, 2.45) is 0 Å². The molecule has 3 heterocycles. The highest BCUT2D eigenvalue weighted by molar-refractivity contribution is 7.16. The van der Waals surface area contributed by atoms with Crippen LogP contribution >= 0.6 is 11.3 Å². The van der Waals surface area contributed by atoms with Gasteiger partial charge in [0.2, 0.25) is 0 Å². The summed E-state index contributed by atoms with van der Waals surface area (Å²) in [5.74, 6) is 0.362. The number of nitrogens with zero attached hydrogens (tertiary/aromatic N) is 2. The van der Waals surface area contributed by atoms with Crippen LogP contribution in [0.3, 0.4) is 0 Å². The second kappa shape index (κ2) is 6.26. The molecule has 0 saturated heterocycles. The summed E-state index contributed by atoms with van der Waals surface area (Å²) in [6, 6.07) is 3.50. The minimum Gasteiger partial charge on any atom is -0.459 e. The topological polar surface area (TPSA) is 36.7 Å². The van der Waals surface area contributed by atoms with E-state index in [0.29, 0.717) is 12.4 Å². The lowest BCUT2D eigenvalue weighted by molar-refractivity contribution is 0.0932. The quantitative estimate of drug-likeness (QED) is 0.848. The van der Waals surface area contributed by atoms with Gasteiger partial charge in [0.15, 0.2) is 5.76 Å². The van der Waals surface area contributed by atoms with Crippen molar-refractivity contribution in [1.82, 2.24) is 4.90 Å². The number of anilines is 1. The zero-order valence-electron chi connectivity index (χ0n) is 13.4. The lowest BCUT2D eigenvalue weighted by Crippen LogP contribution is -2.45. The Balaban J connectivity index is 1.94. The summed E-state index contributed by atoms with van der Waals surface area (Å²) in [6.45, 7) is 9.08. The number of carbonyl (C=O) groups is 1. The molecule has 0 N–H and O–H groups in total. The molecule has 4 nitrogen and oxygen atoms in total. The minimum absolute atomic E-state index is 0.0475. The zero-order chi connectivity index (χ0) is 15.7. The van der Waals surface area contributed by atoms with E-state index < -0.39 is 0 Å². The van der Waals surface area contributed by atoms with Crippen LogP contribution in [0.5, 0.6) is 0 Å². The SMILES string of the molecule is CCCCN1Cc2c(sc(C)c2C)N(C(=O)c2ccco2)C1. The maximum atomic E-state index is 12.8. The standard InChI is InChI=1S/C17H22N2O2S/c1-4-5-8-18-10-14-12(2)13(3)22-17(14)19(11-18)16(20)15-7-6-9-21-15/h6-7,9H,4-5,8,10-11H2,1-3H3. The van der Waals surface area contributed by atoms with Gasteiger partial charge in [-0.25, -0.2) is 0 Å². The van der Waals surface area contributed by atoms with E-state index in [1.54, 1.807) is 29.7 Å². The van der Waals surface area contributed by atoms with Gasteiger partial charge in [0.1, 0.15) is 5.00 Å². The van der Waals surface area contributed by atoms with Gasteiger partial charge >= 0.3 is 0 Å². The number of thiophene rings is 1. The molecular weight excluding hydrogens is 296 g/mol. The third-order valence-corrected chi connectivity index (χ3v) is 5.53. The van der Waals surface area contributed by atoms with Crippen LogP contribution in [0.15, 0.2) is 22.8 Å². The molecule has 0 bridgehead atoms. The van der Waals surface area contributed by atoms with E-state index in [9.17, 15) is 4.79 Å². The Morgan fingerprint density at radius 1 is 1.41 bits per heavy atom. The highest BCUT2D eigenvalue weighted by atomic mass is 32.1. The van der Waals surface area contributed by atoms with Crippen LogP contribution in [0.1, 0.15) is 46.3 Å². The molecule has 1 amide bonds. The van der Waals surface area contributed by atoms with Crippen molar-refractivity contribution in [3.05, 3.63) is 40.2 Å². The van der Waals surface area contributed by atoms with E-state index in [0.717, 1.165) is 30.9 Å². The van der Waals surface area contributed by atoms with Crippen LogP contribution < -0.4 is 4.90 Å². The number of rotatable bonds is 4. The molecule has 2 aromatic heterocycles. The predicted molar refractivity (Wildman–Crippen MR) is 89.5 cm³/mol. The zero-order valence-corrected chi connectivity index (χ0v) is 14.2. The number of hydrogen-bond donors (Lipinski definition) is 0. The number of amides is 1. The number of hydrogen-bond acceptors (Lipinski definition) is 4. The van der Waals surface area contributed by atoms with Gasteiger partial charge in [-0.15, -0.1) is 11.3 Å². The Kier molecular flexibility index (Phi) is 4.36. The molecule has 0 aromatic carbocycles. The van der Waals surface area contributed by atoms with Crippen molar-refractivity contribution < 1.29 is 9.21 Å². The van der Waals surface area contributed by atoms with Gasteiger partial charge in [0, 0.05) is 23.5 Å². The summed E-state index contributed by atoms with van der Waals surface area (Å²) in [6.07, 6.45) is 3.87. The summed E-state index contributed by atoms with van der Waals surface area (Å²) in [7, 11) is 0. The highest BCUT2D eigenvalue weighted by Crippen LogP contribution is 2.39. The summed E-state index contributed by atoms with van der Waals surface area (Å²) in [4.78, 5) is 18.3. The molecule has 3 rings (SSSR count). The van der Waals surface area contributed by atoms with E-state index in [-0.39, 0.29) is 5.91 Å². The van der Waals surface area contributed by atoms with Crippen molar-refractivity contribution in [3.63, 3.8) is 0 Å². The van der Waals surface area contributed by atoms with Crippen LogP contribution in [0.2, 0.25) is 0 Å². The third kappa shape index (κ3) is 2.71. The molecule has 118 valence electrons. The predicted octanol–water partition coefficient (Wildman–Crippen LogP) is 4.18. The third-order valence-electron chi connectivity index (χ3n) is 4.26. The summed E-state index contributed by atoms with van der Waals surface area (Å²) < 4.78 is 5.31. The Bertz CT molecular complexity index is 661. The summed E-state index contributed by atoms with van der Waals surface area (Å²) >= 11 is 1.71. The number of fused-ring (bicyclic) bond motifs is 1. The van der Waals surface area contributed by atoms with Gasteiger partial charge in [0.05, 0.1) is 12.9 Å². The number of aryl methyl sites for hydroxylation is 1. The molecule has 0 spiro atoms. The fourth-order valence-corrected chi connectivity index (χ4v) is 3.98. The fraction of sp³-hybridized carbons (Fsp3) is 0.471. The largest absolute Gasteiger partial charge is 0.459 e.